The Hall–Kier alpha value is -2.09. The second kappa shape index (κ2) is 2.74. The molecular weight excluding hydrogens is 234 g/mol. The van der Waals surface area contributed by atoms with Crippen LogP contribution < -0.4 is 5.73 Å². The third-order valence-corrected chi connectivity index (χ3v) is 5.40. The second-order valence-corrected chi connectivity index (χ2v) is 5.92. The molecular formula is C17H13NO. The van der Waals surface area contributed by atoms with E-state index in [1.165, 1.54) is 11.1 Å². The normalized spacial score (nSPS) is 35.5. The molecule has 3 aliphatic rings. The highest BCUT2D eigenvalue weighted by Crippen LogP contribution is 2.80. The molecule has 1 fully saturated rings. The monoisotopic (exact) mass is 247 g/mol. The summed E-state index contributed by atoms with van der Waals surface area (Å²) in [6.07, 6.45) is 0. The molecule has 2 aromatic rings. The van der Waals surface area contributed by atoms with Crippen LogP contribution in [0, 0.1) is 5.92 Å². The highest BCUT2D eigenvalue weighted by molar-refractivity contribution is 5.97. The molecule has 0 bridgehead atoms. The molecule has 1 saturated carbocycles. The smallest absolute Gasteiger partial charge is 0.232 e. The van der Waals surface area contributed by atoms with Crippen molar-refractivity contribution in [3.05, 3.63) is 70.8 Å². The van der Waals surface area contributed by atoms with Crippen molar-refractivity contribution in [1.29, 1.82) is 0 Å². The van der Waals surface area contributed by atoms with Gasteiger partial charge in [-0.2, -0.15) is 0 Å². The largest absolute Gasteiger partial charge is 0.369 e. The van der Waals surface area contributed by atoms with E-state index in [0.29, 0.717) is 17.8 Å². The second-order valence-electron chi connectivity index (χ2n) is 5.92. The molecule has 2 nitrogen and oxygen atoms in total. The molecule has 0 aromatic heterocycles. The first-order valence-corrected chi connectivity index (χ1v) is 6.76. The van der Waals surface area contributed by atoms with Crippen LogP contribution in [0.3, 0.4) is 0 Å². The first-order chi connectivity index (χ1) is 9.28. The van der Waals surface area contributed by atoms with Gasteiger partial charge in [0.1, 0.15) is 5.41 Å². The minimum absolute atomic E-state index is 0.181. The van der Waals surface area contributed by atoms with E-state index < -0.39 is 5.41 Å². The fraction of sp³-hybridized carbons (Fsp3) is 0.235. The maximum atomic E-state index is 12.4. The van der Waals surface area contributed by atoms with Gasteiger partial charge in [-0.3, -0.25) is 4.79 Å². The van der Waals surface area contributed by atoms with E-state index in [1.54, 1.807) is 0 Å². The summed E-state index contributed by atoms with van der Waals surface area (Å²) in [4.78, 5) is 12.4. The Kier molecular flexibility index (Phi) is 1.41. The molecule has 0 unspecified atom stereocenters. The summed E-state index contributed by atoms with van der Waals surface area (Å²) in [6, 6.07) is 16.7. The zero-order valence-corrected chi connectivity index (χ0v) is 10.3. The highest BCUT2D eigenvalue weighted by atomic mass is 16.1. The lowest BCUT2D eigenvalue weighted by atomic mass is 9.74. The van der Waals surface area contributed by atoms with Gasteiger partial charge in [0, 0.05) is 0 Å². The number of fused-ring (bicyclic) bond motifs is 7. The fourth-order valence-corrected chi connectivity index (χ4v) is 4.85. The number of hydrogen-bond donors (Lipinski definition) is 1. The number of nitrogens with two attached hydrogens (primary N) is 1. The number of benzene rings is 2. The first-order valence-electron chi connectivity index (χ1n) is 6.76. The quantitative estimate of drug-likeness (QED) is 0.825. The van der Waals surface area contributed by atoms with E-state index in [1.807, 2.05) is 12.1 Å². The van der Waals surface area contributed by atoms with Gasteiger partial charge >= 0.3 is 0 Å². The van der Waals surface area contributed by atoms with E-state index in [2.05, 4.69) is 36.4 Å². The maximum absolute atomic E-state index is 12.4. The van der Waals surface area contributed by atoms with Crippen molar-refractivity contribution >= 4 is 5.91 Å². The van der Waals surface area contributed by atoms with E-state index >= 15 is 0 Å². The van der Waals surface area contributed by atoms with Crippen molar-refractivity contribution in [1.82, 2.24) is 0 Å². The van der Waals surface area contributed by atoms with Crippen molar-refractivity contribution in [2.24, 2.45) is 11.7 Å². The predicted octanol–water partition coefficient (Wildman–Crippen LogP) is 2.28. The Morgan fingerprint density at radius 3 is 1.84 bits per heavy atom. The van der Waals surface area contributed by atoms with Crippen molar-refractivity contribution in [3.8, 4) is 0 Å². The lowest BCUT2D eigenvalue weighted by Gasteiger charge is -2.27. The molecule has 2 N–H and O–H groups in total. The first kappa shape index (κ1) is 9.79. The molecule has 2 aromatic carbocycles. The fourth-order valence-electron chi connectivity index (χ4n) is 4.85. The number of primary amides is 1. The molecule has 19 heavy (non-hydrogen) atoms. The lowest BCUT2D eigenvalue weighted by Crippen LogP contribution is -2.41. The van der Waals surface area contributed by atoms with Crippen LogP contribution >= 0.6 is 0 Å². The van der Waals surface area contributed by atoms with Gasteiger partial charge in [0.05, 0.1) is 0 Å². The lowest BCUT2D eigenvalue weighted by molar-refractivity contribution is -0.122. The van der Waals surface area contributed by atoms with Crippen LogP contribution in [-0.4, -0.2) is 5.91 Å². The van der Waals surface area contributed by atoms with Crippen LogP contribution in [0.4, 0.5) is 0 Å². The Morgan fingerprint density at radius 2 is 1.37 bits per heavy atom. The van der Waals surface area contributed by atoms with Crippen molar-refractivity contribution < 1.29 is 4.79 Å². The van der Waals surface area contributed by atoms with Gasteiger partial charge in [-0.15, -0.1) is 0 Å². The molecule has 0 aliphatic heterocycles. The minimum Gasteiger partial charge on any atom is -0.369 e. The molecule has 2 atom stereocenters. The van der Waals surface area contributed by atoms with Gasteiger partial charge in [0.2, 0.25) is 5.91 Å². The van der Waals surface area contributed by atoms with Crippen molar-refractivity contribution in [3.63, 3.8) is 0 Å². The van der Waals surface area contributed by atoms with Gasteiger partial charge in [-0.1, -0.05) is 48.5 Å². The third-order valence-electron chi connectivity index (χ3n) is 5.40. The number of rotatable bonds is 1. The summed E-state index contributed by atoms with van der Waals surface area (Å²) >= 11 is 0. The standard InChI is InChI=1S/C17H13NO/c18-16(19)17-11-7-3-1-5-9(11)13-14(15(13)17)10-6-2-4-8-12(10)17/h1-8,13-15H,(H2,18,19)/t13-,14-,15?,17?/m0/s1. The molecule has 5 rings (SSSR count). The topological polar surface area (TPSA) is 43.1 Å². The molecule has 1 amide bonds. The molecule has 3 aliphatic carbocycles. The summed E-state index contributed by atoms with van der Waals surface area (Å²) in [7, 11) is 0. The Morgan fingerprint density at radius 1 is 0.895 bits per heavy atom. The Bertz CT molecular complexity index is 695. The SMILES string of the molecule is NC(=O)C12c3ccccc3[C@@H]3C1[C@H]3c1ccccc12. The van der Waals surface area contributed by atoms with Crippen molar-refractivity contribution in [2.75, 3.05) is 0 Å². The van der Waals surface area contributed by atoms with Gasteiger partial charge < -0.3 is 5.73 Å². The van der Waals surface area contributed by atoms with Gasteiger partial charge in [0.15, 0.2) is 0 Å². The van der Waals surface area contributed by atoms with Crippen LogP contribution in [0.15, 0.2) is 48.5 Å². The zero-order valence-electron chi connectivity index (χ0n) is 10.3. The van der Waals surface area contributed by atoms with Crippen LogP contribution in [-0.2, 0) is 10.2 Å². The van der Waals surface area contributed by atoms with Crippen molar-refractivity contribution in [2.45, 2.75) is 17.3 Å². The van der Waals surface area contributed by atoms with Gasteiger partial charge in [0.25, 0.3) is 0 Å². The highest BCUT2D eigenvalue weighted by Gasteiger charge is 2.76. The molecule has 0 spiro atoms. The Labute approximate surface area is 111 Å². The molecule has 2 heteroatoms. The number of hydrogen-bond acceptors (Lipinski definition) is 1. The van der Waals surface area contributed by atoms with E-state index in [0.717, 1.165) is 11.1 Å². The van der Waals surface area contributed by atoms with Gasteiger partial charge in [-0.25, -0.2) is 0 Å². The average Bonchev–Trinajstić information content (AvgIpc) is 3.01. The number of carbonyl (C=O) groups excluding carboxylic acids is 1. The number of amides is 1. The molecule has 0 saturated heterocycles. The average molecular weight is 247 g/mol. The maximum Gasteiger partial charge on any atom is 0.232 e. The summed E-state index contributed by atoms with van der Waals surface area (Å²) in [5.74, 6) is 1.22. The Balaban J connectivity index is 1.94. The van der Waals surface area contributed by atoms with Gasteiger partial charge in [-0.05, 0) is 40.0 Å². The third kappa shape index (κ3) is 0.803. The molecule has 0 radical (unpaired) electrons. The number of carbonyl (C=O) groups is 1. The summed E-state index contributed by atoms with van der Waals surface area (Å²) in [6.45, 7) is 0. The van der Waals surface area contributed by atoms with E-state index in [9.17, 15) is 4.79 Å². The van der Waals surface area contributed by atoms with E-state index in [4.69, 9.17) is 5.73 Å². The minimum atomic E-state index is -0.553. The molecule has 0 heterocycles. The van der Waals surface area contributed by atoms with Crippen LogP contribution in [0.25, 0.3) is 0 Å². The van der Waals surface area contributed by atoms with Crippen LogP contribution in [0.1, 0.15) is 34.1 Å². The zero-order chi connectivity index (χ0) is 12.8. The predicted molar refractivity (Wildman–Crippen MR) is 71.8 cm³/mol. The summed E-state index contributed by atoms with van der Waals surface area (Å²) in [5, 5.41) is 0. The molecule has 92 valence electrons. The van der Waals surface area contributed by atoms with Crippen LogP contribution in [0.2, 0.25) is 0 Å². The summed E-state index contributed by atoms with van der Waals surface area (Å²) in [5.41, 5.74) is 10.3. The van der Waals surface area contributed by atoms with E-state index in [-0.39, 0.29) is 5.91 Å². The van der Waals surface area contributed by atoms with Crippen LogP contribution in [0.5, 0.6) is 0 Å². The summed E-state index contributed by atoms with van der Waals surface area (Å²) < 4.78 is 0.